The molecule has 9 heteroatoms. The monoisotopic (exact) mass is 461 g/mol. The Balaban J connectivity index is 1.94. The minimum atomic E-state index is -3.77. The summed E-state index contributed by atoms with van der Waals surface area (Å²) in [5.74, 6) is 0.622. The number of fused-ring (bicyclic) bond motifs is 3. The number of aryl methyl sites for hydroxylation is 1. The van der Waals surface area contributed by atoms with Crippen molar-refractivity contribution in [2.75, 3.05) is 7.11 Å². The molecule has 0 spiro atoms. The van der Waals surface area contributed by atoms with Gasteiger partial charge in [-0.05, 0) is 47.9 Å². The Morgan fingerprint density at radius 3 is 2.59 bits per heavy atom. The van der Waals surface area contributed by atoms with Crippen molar-refractivity contribution >= 4 is 10.0 Å². The van der Waals surface area contributed by atoms with Crippen LogP contribution in [0, 0.1) is 6.92 Å². The zero-order valence-electron chi connectivity index (χ0n) is 17.3. The summed E-state index contributed by atoms with van der Waals surface area (Å²) in [6, 6.07) is 15.5. The molecule has 0 radical (unpaired) electrons. The fourth-order valence-electron chi connectivity index (χ4n) is 3.89. The molecule has 0 saturated carbocycles. The van der Waals surface area contributed by atoms with Gasteiger partial charge in [0.1, 0.15) is 23.4 Å². The lowest BCUT2D eigenvalue weighted by Crippen LogP contribution is -2.19. The molecule has 3 aromatic rings. The van der Waals surface area contributed by atoms with Crippen LogP contribution in [0.1, 0.15) is 28.4 Å². The van der Waals surface area contributed by atoms with Crippen LogP contribution in [0.5, 0.6) is 17.2 Å². The Kier molecular flexibility index (Phi) is 5.79. The average Bonchev–Trinajstić information content (AvgIpc) is 2.71. The van der Waals surface area contributed by atoms with E-state index >= 15 is 0 Å². The first-order chi connectivity index (χ1) is 15.1. The second-order valence-corrected chi connectivity index (χ2v) is 9.13. The Morgan fingerprint density at radius 1 is 1.12 bits per heavy atom. The van der Waals surface area contributed by atoms with Crippen LogP contribution in [-0.4, -0.2) is 22.1 Å². The van der Waals surface area contributed by atoms with Gasteiger partial charge >= 0.3 is 6.61 Å². The lowest BCUT2D eigenvalue weighted by molar-refractivity contribution is -0.0496. The van der Waals surface area contributed by atoms with Gasteiger partial charge in [-0.3, -0.25) is 0 Å². The highest BCUT2D eigenvalue weighted by atomic mass is 32.2. The van der Waals surface area contributed by atoms with Crippen molar-refractivity contribution in [3.63, 3.8) is 0 Å². The van der Waals surface area contributed by atoms with Crippen LogP contribution >= 0.6 is 0 Å². The summed E-state index contributed by atoms with van der Waals surface area (Å²) in [4.78, 5) is 0. The SMILES string of the molecule is COc1cccc(C2Oc3cc(C)cc(OC(F)F)c3-c3ccc(CS(N)(=O)=O)cc32)c1. The lowest BCUT2D eigenvalue weighted by Gasteiger charge is -2.31. The van der Waals surface area contributed by atoms with Gasteiger partial charge in [0, 0.05) is 11.1 Å². The highest BCUT2D eigenvalue weighted by Crippen LogP contribution is 2.50. The topological polar surface area (TPSA) is 87.8 Å². The van der Waals surface area contributed by atoms with Gasteiger partial charge in [-0.1, -0.05) is 30.3 Å². The molecule has 1 heterocycles. The third-order valence-electron chi connectivity index (χ3n) is 5.10. The molecular formula is C23H21F2NO5S. The molecule has 0 saturated heterocycles. The van der Waals surface area contributed by atoms with Crippen molar-refractivity contribution in [3.05, 3.63) is 76.9 Å². The van der Waals surface area contributed by atoms with E-state index in [1.165, 1.54) is 6.07 Å². The summed E-state index contributed by atoms with van der Waals surface area (Å²) in [6.07, 6.45) is -0.630. The minimum Gasteiger partial charge on any atom is -0.497 e. The predicted molar refractivity (Wildman–Crippen MR) is 116 cm³/mol. The number of methoxy groups -OCH3 is 1. The maximum absolute atomic E-state index is 13.1. The third-order valence-corrected chi connectivity index (χ3v) is 5.84. The van der Waals surface area contributed by atoms with Gasteiger partial charge in [0.2, 0.25) is 10.0 Å². The van der Waals surface area contributed by atoms with E-state index in [-0.39, 0.29) is 11.5 Å². The summed E-state index contributed by atoms with van der Waals surface area (Å²) < 4.78 is 65.9. The quantitative estimate of drug-likeness (QED) is 0.582. The summed E-state index contributed by atoms with van der Waals surface area (Å²) in [5, 5.41) is 5.22. The molecule has 1 unspecified atom stereocenters. The van der Waals surface area contributed by atoms with Crippen LogP contribution in [0.4, 0.5) is 8.78 Å². The largest absolute Gasteiger partial charge is 0.497 e. The zero-order valence-corrected chi connectivity index (χ0v) is 18.2. The maximum atomic E-state index is 13.1. The van der Waals surface area contributed by atoms with Gasteiger partial charge in [0.05, 0.1) is 18.4 Å². The van der Waals surface area contributed by atoms with Gasteiger partial charge in [0.25, 0.3) is 0 Å². The molecule has 1 aliphatic rings. The van der Waals surface area contributed by atoms with Crippen molar-refractivity contribution in [2.45, 2.75) is 25.4 Å². The van der Waals surface area contributed by atoms with Crippen LogP contribution in [0.25, 0.3) is 11.1 Å². The second-order valence-electron chi connectivity index (χ2n) is 7.52. The van der Waals surface area contributed by atoms with Gasteiger partial charge in [0.15, 0.2) is 0 Å². The first-order valence-corrected chi connectivity index (χ1v) is 11.4. The number of rotatable bonds is 6. The molecule has 2 N–H and O–H groups in total. The van der Waals surface area contributed by atoms with E-state index in [0.717, 1.165) is 5.56 Å². The van der Waals surface area contributed by atoms with Crippen molar-refractivity contribution in [1.82, 2.24) is 0 Å². The molecule has 0 bridgehead atoms. The van der Waals surface area contributed by atoms with E-state index in [1.54, 1.807) is 50.4 Å². The van der Waals surface area contributed by atoms with Gasteiger partial charge < -0.3 is 14.2 Å². The number of hydrogen-bond donors (Lipinski definition) is 1. The van der Waals surface area contributed by atoms with E-state index in [9.17, 15) is 17.2 Å². The van der Waals surface area contributed by atoms with Crippen LogP contribution in [-0.2, 0) is 15.8 Å². The number of benzene rings is 3. The van der Waals surface area contributed by atoms with E-state index in [1.807, 2.05) is 12.1 Å². The summed E-state index contributed by atoms with van der Waals surface area (Å²) in [6.45, 7) is -1.25. The van der Waals surface area contributed by atoms with Gasteiger partial charge in [-0.25, -0.2) is 13.6 Å². The normalized spacial score (nSPS) is 15.0. The minimum absolute atomic E-state index is 0.0143. The van der Waals surface area contributed by atoms with E-state index in [0.29, 0.717) is 39.3 Å². The van der Waals surface area contributed by atoms with Crippen LogP contribution < -0.4 is 19.3 Å². The molecule has 0 fully saturated rings. The van der Waals surface area contributed by atoms with Gasteiger partial charge in [-0.2, -0.15) is 8.78 Å². The molecule has 32 heavy (non-hydrogen) atoms. The van der Waals surface area contributed by atoms with Crippen molar-refractivity contribution in [3.8, 4) is 28.4 Å². The molecule has 1 aliphatic heterocycles. The maximum Gasteiger partial charge on any atom is 0.387 e. The number of halogens is 2. The van der Waals surface area contributed by atoms with E-state index in [4.69, 9.17) is 19.3 Å². The Hall–Kier alpha value is -3.17. The van der Waals surface area contributed by atoms with Crippen LogP contribution in [0.3, 0.4) is 0 Å². The standard InChI is InChI=1S/C23H21F2NO5S/c1-13-8-19-21(20(9-13)31-23(24)25)17-7-6-14(12-32(26,27)28)10-18(17)22(30-19)15-4-3-5-16(11-15)29-2/h3-11,22-23H,12H2,1-2H3,(H2,26,27,28). The first kappa shape index (κ1) is 22.0. The van der Waals surface area contributed by atoms with Crippen LogP contribution in [0.15, 0.2) is 54.6 Å². The van der Waals surface area contributed by atoms with Crippen molar-refractivity contribution in [2.24, 2.45) is 5.14 Å². The number of nitrogens with two attached hydrogens (primary N) is 1. The predicted octanol–water partition coefficient (Wildman–Crippen LogP) is 4.54. The highest BCUT2D eigenvalue weighted by molar-refractivity contribution is 7.88. The second kappa shape index (κ2) is 8.40. The number of sulfonamides is 1. The Bertz CT molecular complexity index is 1280. The summed E-state index contributed by atoms with van der Waals surface area (Å²) in [5.41, 5.74) is 3.49. The zero-order chi connectivity index (χ0) is 23.0. The van der Waals surface area contributed by atoms with E-state index < -0.39 is 22.7 Å². The van der Waals surface area contributed by atoms with Crippen LogP contribution in [0.2, 0.25) is 0 Å². The number of primary sulfonamides is 1. The Labute approximate surface area is 184 Å². The fraction of sp³-hybridized carbons (Fsp3) is 0.217. The molecule has 0 amide bonds. The number of ether oxygens (including phenoxy) is 3. The number of hydrogen-bond acceptors (Lipinski definition) is 5. The Morgan fingerprint density at radius 2 is 1.91 bits per heavy atom. The third kappa shape index (κ3) is 4.53. The lowest BCUT2D eigenvalue weighted by atomic mass is 9.87. The van der Waals surface area contributed by atoms with Crippen molar-refractivity contribution < 1.29 is 31.4 Å². The molecule has 0 aromatic heterocycles. The molecule has 1 atom stereocenters. The number of alkyl halides is 2. The highest BCUT2D eigenvalue weighted by Gasteiger charge is 2.31. The molecular weight excluding hydrogens is 440 g/mol. The van der Waals surface area contributed by atoms with Gasteiger partial charge in [-0.15, -0.1) is 0 Å². The smallest absolute Gasteiger partial charge is 0.387 e. The van der Waals surface area contributed by atoms with Crippen molar-refractivity contribution in [1.29, 1.82) is 0 Å². The fourth-order valence-corrected chi connectivity index (χ4v) is 4.53. The summed E-state index contributed by atoms with van der Waals surface area (Å²) in [7, 11) is -2.22. The average molecular weight is 461 g/mol. The molecule has 4 rings (SSSR count). The summed E-state index contributed by atoms with van der Waals surface area (Å²) >= 11 is 0. The van der Waals surface area contributed by atoms with E-state index in [2.05, 4.69) is 0 Å². The first-order valence-electron chi connectivity index (χ1n) is 9.68. The molecule has 0 aliphatic carbocycles. The molecule has 168 valence electrons. The molecule has 6 nitrogen and oxygen atoms in total. The molecule has 3 aromatic carbocycles.